The zero-order valence-corrected chi connectivity index (χ0v) is 20.8. The van der Waals surface area contributed by atoms with Crippen molar-refractivity contribution >= 4 is 52.2 Å². The summed E-state index contributed by atoms with van der Waals surface area (Å²) in [7, 11) is -8.56. The number of ether oxygens (including phenoxy) is 2. The number of sulfonamides is 1. The molecule has 0 saturated heterocycles. The zero-order chi connectivity index (χ0) is 23.1. The maximum atomic E-state index is 12.3. The third kappa shape index (κ3) is 7.91. The van der Waals surface area contributed by atoms with Crippen LogP contribution in [0.25, 0.3) is 10.4 Å². The van der Waals surface area contributed by atoms with Crippen LogP contribution in [0.5, 0.6) is 11.5 Å². The van der Waals surface area contributed by atoms with Crippen molar-refractivity contribution in [3.05, 3.63) is 29.8 Å². The highest BCUT2D eigenvalue weighted by atomic mass is 35.5. The van der Waals surface area contributed by atoms with E-state index >= 15 is 0 Å². The van der Waals surface area contributed by atoms with Crippen molar-refractivity contribution in [1.29, 1.82) is 0 Å². The van der Waals surface area contributed by atoms with Crippen LogP contribution in [0.3, 0.4) is 0 Å². The molecule has 0 saturated carbocycles. The molecule has 0 unspecified atom stereocenters. The molecule has 1 aromatic heterocycles. The van der Waals surface area contributed by atoms with Gasteiger partial charge in [-0.1, -0.05) is 0 Å². The monoisotopic (exact) mass is 531 g/mol. The summed E-state index contributed by atoms with van der Waals surface area (Å²) in [6.45, 7) is 2.68. The topological polar surface area (TPSA) is 122 Å². The van der Waals surface area contributed by atoms with Crippen molar-refractivity contribution in [1.82, 2.24) is 4.72 Å². The van der Waals surface area contributed by atoms with Gasteiger partial charge in [-0.15, -0.1) is 34.5 Å². The molecule has 174 valence electrons. The standard InChI is InChI=1S/C18H24Cl2NO7PS2/c1-13-14(4-5-15(27-10-2-8-19)18(13)28-11-3-9-20)16-6-7-17(30-16)31(25,26)21-12-29(22,23)24/h4-7,21H,2-3,8-12H2,1H3,(H2,22,23,24). The van der Waals surface area contributed by atoms with Gasteiger partial charge >= 0.3 is 7.60 Å². The molecule has 3 N–H and O–H groups in total. The molecule has 2 rings (SSSR count). The fourth-order valence-electron chi connectivity index (χ4n) is 2.54. The first-order valence-electron chi connectivity index (χ1n) is 9.24. The fraction of sp³-hybridized carbons (Fsp3) is 0.444. The van der Waals surface area contributed by atoms with E-state index in [1.165, 1.54) is 6.07 Å². The third-order valence-electron chi connectivity index (χ3n) is 4.00. The molecule has 8 nitrogen and oxygen atoms in total. The van der Waals surface area contributed by atoms with Gasteiger partial charge in [-0.05, 0) is 49.6 Å². The lowest BCUT2D eigenvalue weighted by Crippen LogP contribution is -2.23. The van der Waals surface area contributed by atoms with Gasteiger partial charge in [-0.25, -0.2) is 8.42 Å². The van der Waals surface area contributed by atoms with E-state index in [-0.39, 0.29) is 4.21 Å². The van der Waals surface area contributed by atoms with E-state index in [9.17, 15) is 13.0 Å². The first-order chi connectivity index (χ1) is 14.6. The third-order valence-corrected chi connectivity index (χ3v) is 8.33. The Bertz CT molecular complexity index is 1020. The minimum atomic E-state index is -4.51. The second-order valence-corrected chi connectivity index (χ2v) is 11.9. The minimum absolute atomic E-state index is 0.0533. The quantitative estimate of drug-likeness (QED) is 0.201. The second kappa shape index (κ2) is 11.9. The van der Waals surface area contributed by atoms with Gasteiger partial charge in [0, 0.05) is 22.2 Å². The molecule has 0 amide bonds. The summed E-state index contributed by atoms with van der Waals surface area (Å²) in [4.78, 5) is 18.5. The Kier molecular flexibility index (Phi) is 10.1. The number of thiophene rings is 1. The molecular weight excluding hydrogens is 508 g/mol. The first-order valence-corrected chi connectivity index (χ1v) is 14.4. The molecule has 0 aliphatic carbocycles. The molecule has 1 aromatic carbocycles. The van der Waals surface area contributed by atoms with Gasteiger partial charge in [0.25, 0.3) is 10.0 Å². The molecule has 0 aliphatic rings. The summed E-state index contributed by atoms with van der Waals surface area (Å²) in [6, 6.07) is 6.59. The van der Waals surface area contributed by atoms with E-state index < -0.39 is 23.9 Å². The van der Waals surface area contributed by atoms with E-state index in [0.29, 0.717) is 54.2 Å². The molecular formula is C18H24Cl2NO7PS2. The lowest BCUT2D eigenvalue weighted by Gasteiger charge is -2.17. The highest BCUT2D eigenvalue weighted by Crippen LogP contribution is 2.41. The van der Waals surface area contributed by atoms with Gasteiger partial charge in [-0.3, -0.25) is 4.57 Å². The largest absolute Gasteiger partial charge is 0.490 e. The Labute approximate surface area is 195 Å². The van der Waals surface area contributed by atoms with Crippen LogP contribution in [0, 0.1) is 6.92 Å². The molecule has 0 fully saturated rings. The van der Waals surface area contributed by atoms with Crippen LogP contribution in [-0.2, 0) is 14.6 Å². The second-order valence-electron chi connectivity index (χ2n) is 6.44. The Balaban J connectivity index is 2.33. The highest BCUT2D eigenvalue weighted by Gasteiger charge is 2.23. The van der Waals surface area contributed by atoms with E-state index in [1.807, 2.05) is 17.7 Å². The number of halogens is 2. The van der Waals surface area contributed by atoms with Crippen molar-refractivity contribution in [2.24, 2.45) is 0 Å². The van der Waals surface area contributed by atoms with Crippen molar-refractivity contribution in [2.45, 2.75) is 24.0 Å². The number of benzene rings is 1. The minimum Gasteiger partial charge on any atom is -0.490 e. The van der Waals surface area contributed by atoms with Gasteiger partial charge in [0.05, 0.1) is 13.2 Å². The van der Waals surface area contributed by atoms with Crippen LogP contribution < -0.4 is 14.2 Å². The van der Waals surface area contributed by atoms with E-state index in [4.69, 9.17) is 42.5 Å². The predicted octanol–water partition coefficient (Wildman–Crippen LogP) is 4.15. The normalized spacial score (nSPS) is 12.2. The average molecular weight is 532 g/mol. The molecule has 13 heteroatoms. The average Bonchev–Trinajstić information content (AvgIpc) is 3.19. The lowest BCUT2D eigenvalue weighted by molar-refractivity contribution is 0.268. The van der Waals surface area contributed by atoms with Gasteiger partial charge in [-0.2, -0.15) is 4.72 Å². The number of rotatable bonds is 13. The van der Waals surface area contributed by atoms with Gasteiger partial charge < -0.3 is 19.3 Å². The summed E-state index contributed by atoms with van der Waals surface area (Å²) in [5, 5.41) is 0. The Morgan fingerprint density at radius 3 is 2.32 bits per heavy atom. The van der Waals surface area contributed by atoms with E-state index in [0.717, 1.165) is 22.5 Å². The van der Waals surface area contributed by atoms with Crippen molar-refractivity contribution in [2.75, 3.05) is 31.3 Å². The first kappa shape index (κ1) is 26.4. The van der Waals surface area contributed by atoms with Gasteiger partial charge in [0.1, 0.15) is 10.5 Å². The van der Waals surface area contributed by atoms with Crippen LogP contribution in [0.1, 0.15) is 18.4 Å². The maximum Gasteiger partial charge on any atom is 0.340 e. The molecule has 2 aromatic rings. The Hall–Kier alpha value is -0.840. The highest BCUT2D eigenvalue weighted by molar-refractivity contribution is 7.92. The Morgan fingerprint density at radius 2 is 1.71 bits per heavy atom. The van der Waals surface area contributed by atoms with E-state index in [1.54, 1.807) is 12.1 Å². The van der Waals surface area contributed by atoms with Crippen LogP contribution in [0.4, 0.5) is 0 Å². The van der Waals surface area contributed by atoms with E-state index in [2.05, 4.69) is 0 Å². The number of nitrogens with one attached hydrogen (secondary N) is 1. The van der Waals surface area contributed by atoms with Crippen LogP contribution in [0.15, 0.2) is 28.5 Å². The summed E-state index contributed by atoms with van der Waals surface area (Å²) < 4.78 is 49.2. The summed E-state index contributed by atoms with van der Waals surface area (Å²) in [5.74, 6) is 2.04. The van der Waals surface area contributed by atoms with Crippen molar-refractivity contribution in [3.63, 3.8) is 0 Å². The summed E-state index contributed by atoms with van der Waals surface area (Å²) >= 11 is 12.4. The van der Waals surface area contributed by atoms with Crippen molar-refractivity contribution < 1.29 is 32.2 Å². The van der Waals surface area contributed by atoms with Crippen LogP contribution in [0.2, 0.25) is 0 Å². The molecule has 0 spiro atoms. The predicted molar refractivity (Wildman–Crippen MR) is 123 cm³/mol. The van der Waals surface area contributed by atoms with Crippen molar-refractivity contribution in [3.8, 4) is 21.9 Å². The molecule has 0 bridgehead atoms. The SMILES string of the molecule is Cc1c(-c2ccc(S(=O)(=O)NCP(=O)(O)O)s2)ccc(OCCCCl)c1OCCCCl. The Morgan fingerprint density at radius 1 is 1.06 bits per heavy atom. The molecule has 0 radical (unpaired) electrons. The number of alkyl halides is 2. The molecule has 0 aliphatic heterocycles. The summed E-state index contributed by atoms with van der Waals surface area (Å²) in [5.41, 5.74) is 1.53. The molecule has 31 heavy (non-hydrogen) atoms. The zero-order valence-electron chi connectivity index (χ0n) is 16.7. The molecule has 1 heterocycles. The van der Waals surface area contributed by atoms with Crippen LogP contribution >= 0.6 is 42.1 Å². The maximum absolute atomic E-state index is 12.3. The molecule has 0 atom stereocenters. The number of hydrogen-bond acceptors (Lipinski definition) is 6. The fourth-order valence-corrected chi connectivity index (χ4v) is 6.21. The summed E-state index contributed by atoms with van der Waals surface area (Å²) in [6.07, 6.45) is 0.366. The lowest BCUT2D eigenvalue weighted by atomic mass is 10.1. The van der Waals surface area contributed by atoms with Gasteiger partial charge in [0.2, 0.25) is 0 Å². The smallest absolute Gasteiger partial charge is 0.340 e. The number of hydrogen-bond donors (Lipinski definition) is 3. The van der Waals surface area contributed by atoms with Gasteiger partial charge in [0.15, 0.2) is 11.5 Å². The van der Waals surface area contributed by atoms with Crippen LogP contribution in [-0.4, -0.2) is 49.5 Å².